The second kappa shape index (κ2) is 87.5. The summed E-state index contributed by atoms with van der Waals surface area (Å²) in [5.41, 5.74) is 0. The number of nitrogens with one attached hydrogen (secondary N) is 8. The van der Waals surface area contributed by atoms with Crippen molar-refractivity contribution in [3.8, 4) is 0 Å². The van der Waals surface area contributed by atoms with E-state index in [0.717, 1.165) is 103 Å². The number of hydrogen-bond acceptors (Lipinski definition) is 30. The van der Waals surface area contributed by atoms with Crippen LogP contribution in [0.1, 0.15) is 340 Å². The van der Waals surface area contributed by atoms with E-state index >= 15 is 0 Å². The number of phosphoric acid groups is 4. The van der Waals surface area contributed by atoms with Crippen LogP contribution >= 0.6 is 31.3 Å². The van der Waals surface area contributed by atoms with Crippen molar-refractivity contribution in [2.45, 2.75) is 389 Å². The molecule has 12 unspecified atom stereocenters. The number of rotatable bonds is 86. The third-order valence-corrected chi connectivity index (χ3v) is 24.4. The summed E-state index contributed by atoms with van der Waals surface area (Å²) < 4.78 is 127. The Bertz CT molecular complexity index is 3080. The molecule has 0 saturated carbocycles. The van der Waals surface area contributed by atoms with Gasteiger partial charge in [-0.2, -0.15) is 0 Å². The van der Waals surface area contributed by atoms with E-state index in [1.54, 1.807) is 0 Å². The predicted molar refractivity (Wildman–Crippen MR) is 493 cm³/mol. The first-order valence-corrected chi connectivity index (χ1v) is 53.0. The Kier molecular flexibility index (Phi) is 89.1. The van der Waals surface area contributed by atoms with E-state index in [1.807, 2.05) is 0 Å². The molecular weight excluding hydrogens is 1820 g/mol. The minimum absolute atomic E-state index is 0. The summed E-state index contributed by atoms with van der Waals surface area (Å²) >= 11 is 0. The molecule has 0 aromatic rings. The molecule has 0 bridgehead atoms. The van der Waals surface area contributed by atoms with Gasteiger partial charge in [-0.05, 0) is 51.4 Å². The zero-order chi connectivity index (χ0) is 97.5. The molecule has 0 rings (SSSR count). The fraction of sp³-hybridized carbons (Fsp3) is 0.841. The Labute approximate surface area is 832 Å². The van der Waals surface area contributed by atoms with Gasteiger partial charge in [0.1, 0.15) is 24.4 Å². The van der Waals surface area contributed by atoms with Crippen molar-refractivity contribution in [3.63, 3.8) is 0 Å². The van der Waals surface area contributed by atoms with Crippen LogP contribution in [0.2, 0.25) is 0 Å². The topological polar surface area (TPSA) is 511 Å². The van der Waals surface area contributed by atoms with Gasteiger partial charge in [0.25, 0.3) is 15.6 Å². The Morgan fingerprint density at radius 3 is 0.682 bits per heavy atom. The van der Waals surface area contributed by atoms with Crippen molar-refractivity contribution >= 4 is 90.9 Å². The number of carbonyl (C=O) groups excluding carboxylic acids is 10. The van der Waals surface area contributed by atoms with Gasteiger partial charge >= 0.3 is 111 Å². The smallest absolute Gasteiger partial charge is 0.756 e. The van der Waals surface area contributed by atoms with Gasteiger partial charge in [-0.25, -0.2) is 18.7 Å². The van der Waals surface area contributed by atoms with Gasteiger partial charge in [-0.3, -0.25) is 74.6 Å². The first-order valence-electron chi connectivity index (χ1n) is 47.2. The van der Waals surface area contributed by atoms with Crippen LogP contribution in [0.5, 0.6) is 0 Å². The zero-order valence-corrected chi connectivity index (χ0v) is 90.0. The van der Waals surface area contributed by atoms with E-state index in [1.165, 1.54) is 170 Å². The summed E-state index contributed by atoms with van der Waals surface area (Å²) in [7, 11) is -18.2. The van der Waals surface area contributed by atoms with Gasteiger partial charge in [0.05, 0.1) is 90.2 Å². The molecule has 0 heterocycles. The number of phosphoric ester groups is 4. The Balaban J connectivity index is -0.00000123. The maximum atomic E-state index is 13.6. The van der Waals surface area contributed by atoms with Crippen LogP contribution in [0.3, 0.4) is 0 Å². The van der Waals surface area contributed by atoms with Gasteiger partial charge in [0.2, 0.25) is 23.6 Å². The Morgan fingerprint density at radius 1 is 0.288 bits per heavy atom. The molecule has 12 atom stereocenters. The predicted octanol–water partition coefficient (Wildman–Crippen LogP) is 9.70. The average Bonchev–Trinajstić information content (AvgIpc) is 0.873. The van der Waals surface area contributed by atoms with Crippen LogP contribution < -0.4 is 111 Å². The second-order valence-corrected chi connectivity index (χ2v) is 38.5. The molecule has 38 nitrogen and oxygen atoms in total. The molecule has 132 heavy (non-hydrogen) atoms. The maximum absolute atomic E-state index is 13.6. The standard InChI is InChI=1S/C47H88N4O15P2.C41H80N4O15P2.2Na/c1-9-13-15-17-19-21-23-25-27-45(65-41(7)54)35-43(50-39(5)52)37-63-67(57,59-31-11-3)61-33-29-48-47(56)49-30-34-62-68(58,60-32-12-4)64-38-44(51-40(6)53)36-46(66-42(8)55)28-26-24-22-20-18-16-14-10-2;1-7-9-11-13-15-17-19-21-23-39(59-35(5)48)29-37(44-33(3)46)31-57-61(51,52)55-27-25-42-41(50)43-26-28-56-62(53,54)58-32-38(45-34(4)47)30-40(60-36(6)49)24-22-20-18-16-14-12-10-8-2;;/h11-12,43-46H,3-4,9-10,13-38H2,1-2,5-8H3,(H,50,52)(H,51,53)(H2,48,49,56);37-40H,7-32H2,1-6H3,(H,44,46)(H,45,47)(H,51,52)(H,53,54)(H2,42,43,50);;/q;;2*+1/p-2. The van der Waals surface area contributed by atoms with E-state index < -0.39 is 154 Å². The van der Waals surface area contributed by atoms with E-state index in [0.29, 0.717) is 25.7 Å². The molecule has 0 spiro atoms. The molecule has 0 saturated heterocycles. The SMILES string of the molecule is C=CCOP(=O)(OCCNC(=O)NCCOP(=O)(OCC=C)OCC(CC(CCCCCCCCCC)OC(C)=O)NC(C)=O)OCC(CC(CCCCCCCCCC)OC(C)=O)NC(C)=O.CCCCCCCCCCC(CC(COP(=O)([O-])OCCNC(=O)NCCOP(=O)([O-])OCC(CC(CCCCCCCCCC)OC(C)=O)NC(C)=O)NC(C)=O)OC(C)=O.[Na+].[Na+]. The van der Waals surface area contributed by atoms with Gasteiger partial charge in [-0.1, -0.05) is 220 Å². The summed E-state index contributed by atoms with van der Waals surface area (Å²) in [5.74, 6) is -3.47. The molecule has 8 amide bonds. The molecule has 0 fully saturated rings. The molecule has 0 aromatic carbocycles. The van der Waals surface area contributed by atoms with Gasteiger partial charge < -0.3 is 89.4 Å². The van der Waals surface area contributed by atoms with E-state index in [2.05, 4.69) is 83.4 Å². The number of ether oxygens (including phenoxy) is 4. The number of amides is 8. The van der Waals surface area contributed by atoms with Crippen LogP contribution in [-0.4, -0.2) is 200 Å². The molecule has 0 aliphatic carbocycles. The largest absolute Gasteiger partial charge is 1.00 e. The van der Waals surface area contributed by atoms with Crippen molar-refractivity contribution < 1.29 is 199 Å². The summed E-state index contributed by atoms with van der Waals surface area (Å²) in [5, 5.41) is 20.5. The number of unbranched alkanes of at least 4 members (excludes halogenated alkanes) is 28. The van der Waals surface area contributed by atoms with Crippen LogP contribution in [-0.2, 0) is 121 Å². The van der Waals surface area contributed by atoms with Gasteiger partial charge in [0.15, 0.2) is 0 Å². The van der Waals surface area contributed by atoms with Crippen molar-refractivity contribution in [2.75, 3.05) is 92.2 Å². The van der Waals surface area contributed by atoms with E-state index in [4.69, 9.17) is 64.2 Å². The van der Waals surface area contributed by atoms with Crippen LogP contribution in [0.15, 0.2) is 25.3 Å². The fourth-order valence-electron chi connectivity index (χ4n) is 13.7. The van der Waals surface area contributed by atoms with Crippen LogP contribution in [0.25, 0.3) is 0 Å². The normalized spacial score (nSPS) is 14.8. The monoisotopic (exact) mass is 1990 g/mol. The first kappa shape index (κ1) is 134. The molecule has 0 aliphatic rings. The van der Waals surface area contributed by atoms with Crippen LogP contribution in [0, 0.1) is 0 Å². The molecule has 760 valence electrons. The third-order valence-electron chi connectivity index (χ3n) is 19.7. The van der Waals surface area contributed by atoms with Crippen molar-refractivity contribution in [1.82, 2.24) is 42.5 Å². The quantitative estimate of drug-likeness (QED) is 0.00701. The number of esters is 4. The first-order chi connectivity index (χ1) is 61.9. The molecule has 8 N–H and O–H groups in total. The zero-order valence-electron chi connectivity index (χ0n) is 82.4. The van der Waals surface area contributed by atoms with E-state index in [9.17, 15) is 76.0 Å². The van der Waals surface area contributed by atoms with Crippen molar-refractivity contribution in [2.24, 2.45) is 0 Å². The summed E-state index contributed by atoms with van der Waals surface area (Å²) in [4.78, 5) is 145. The van der Waals surface area contributed by atoms with Gasteiger partial charge in [-0.15, -0.1) is 13.2 Å². The maximum Gasteiger partial charge on any atom is 1.00 e. The molecule has 0 aliphatic heterocycles. The number of carbonyl (C=O) groups is 10. The summed E-state index contributed by atoms with van der Waals surface area (Å²) in [6, 6.07) is -4.44. The van der Waals surface area contributed by atoms with E-state index in [-0.39, 0.29) is 162 Å². The molecule has 0 aromatic heterocycles. The summed E-state index contributed by atoms with van der Waals surface area (Å²) in [6.07, 6.45) is 38.7. The van der Waals surface area contributed by atoms with Gasteiger partial charge in [0, 0.05) is 107 Å². The Morgan fingerprint density at radius 2 is 0.485 bits per heavy atom. The van der Waals surface area contributed by atoms with Crippen LogP contribution in [0.4, 0.5) is 9.59 Å². The number of hydrogen-bond donors (Lipinski definition) is 8. The molecule has 0 radical (unpaired) electrons. The number of urea groups is 2. The Hall–Kier alpha value is -3.78. The minimum Gasteiger partial charge on any atom is -0.756 e. The van der Waals surface area contributed by atoms with Crippen molar-refractivity contribution in [3.05, 3.63) is 25.3 Å². The second-order valence-electron chi connectivity index (χ2n) is 32.4. The molecular formula is C88H166N8Na2O30P4. The fourth-order valence-corrected chi connectivity index (χ4v) is 17.6. The third kappa shape index (κ3) is 87.7. The minimum atomic E-state index is -4.88. The molecule has 44 heteroatoms. The average molecular weight is 1990 g/mol. The summed E-state index contributed by atoms with van der Waals surface area (Å²) in [6.45, 7) is 21.9. The van der Waals surface area contributed by atoms with Crippen molar-refractivity contribution in [1.29, 1.82) is 0 Å².